The second kappa shape index (κ2) is 4.72. The molecule has 1 heterocycles. The molecule has 0 spiro atoms. The maximum absolute atomic E-state index is 13.4. The van der Waals surface area contributed by atoms with Crippen LogP contribution in [-0.2, 0) is 0 Å². The third-order valence-electron chi connectivity index (χ3n) is 3.05. The summed E-state index contributed by atoms with van der Waals surface area (Å²) in [5.41, 5.74) is 1.99. The Morgan fingerprint density at radius 1 is 1.10 bits per heavy atom. The zero-order chi connectivity index (χ0) is 14.3. The summed E-state index contributed by atoms with van der Waals surface area (Å²) in [7, 11) is 1.57. The van der Waals surface area contributed by atoms with Crippen LogP contribution in [0.5, 0.6) is 5.75 Å². The van der Waals surface area contributed by atoms with Crippen molar-refractivity contribution < 1.29 is 13.5 Å². The Balaban J connectivity index is 2.27. The van der Waals surface area contributed by atoms with E-state index in [1.165, 1.54) is 6.07 Å². The Hall–Kier alpha value is -2.21. The third-order valence-corrected chi connectivity index (χ3v) is 3.34. The molecule has 0 atom stereocenters. The van der Waals surface area contributed by atoms with Crippen LogP contribution >= 0.6 is 12.2 Å². The minimum Gasteiger partial charge on any atom is -0.497 e. The van der Waals surface area contributed by atoms with E-state index in [0.717, 1.165) is 23.2 Å². The van der Waals surface area contributed by atoms with E-state index >= 15 is 0 Å². The van der Waals surface area contributed by atoms with Crippen LogP contribution in [-0.4, -0.2) is 16.7 Å². The molecule has 0 saturated heterocycles. The van der Waals surface area contributed by atoms with Crippen LogP contribution in [0.15, 0.2) is 36.4 Å². The van der Waals surface area contributed by atoms with Crippen molar-refractivity contribution in [3.8, 4) is 11.4 Å². The highest BCUT2D eigenvalue weighted by molar-refractivity contribution is 7.71. The molecule has 3 nitrogen and oxygen atoms in total. The Bertz CT molecular complexity index is 854. The molecule has 0 aliphatic carbocycles. The number of H-pyrrole nitrogens is 1. The monoisotopic (exact) mass is 292 g/mol. The number of aromatic amines is 1. The lowest BCUT2D eigenvalue weighted by atomic mass is 10.2. The number of imidazole rings is 1. The first kappa shape index (κ1) is 12.8. The maximum atomic E-state index is 13.4. The first-order chi connectivity index (χ1) is 9.60. The highest BCUT2D eigenvalue weighted by Gasteiger charge is 2.10. The summed E-state index contributed by atoms with van der Waals surface area (Å²) < 4.78 is 33.6. The van der Waals surface area contributed by atoms with E-state index in [1.54, 1.807) is 23.8 Å². The zero-order valence-corrected chi connectivity index (χ0v) is 11.3. The average Bonchev–Trinajstić information content (AvgIpc) is 2.76. The first-order valence-corrected chi connectivity index (χ1v) is 6.25. The van der Waals surface area contributed by atoms with Crippen molar-refractivity contribution >= 4 is 23.3 Å². The number of halogens is 2. The maximum Gasteiger partial charge on any atom is 0.182 e. The van der Waals surface area contributed by atoms with Gasteiger partial charge in [-0.3, -0.25) is 4.57 Å². The van der Waals surface area contributed by atoms with E-state index in [4.69, 9.17) is 17.0 Å². The van der Waals surface area contributed by atoms with E-state index in [2.05, 4.69) is 4.98 Å². The number of fused-ring (bicyclic) bond motifs is 1. The number of hydrogen-bond donors (Lipinski definition) is 1. The van der Waals surface area contributed by atoms with Crippen molar-refractivity contribution in [3.63, 3.8) is 0 Å². The summed E-state index contributed by atoms with van der Waals surface area (Å²) in [4.78, 5) is 3.02. The molecule has 0 radical (unpaired) electrons. The predicted molar refractivity (Wildman–Crippen MR) is 74.9 cm³/mol. The van der Waals surface area contributed by atoms with E-state index < -0.39 is 11.6 Å². The van der Waals surface area contributed by atoms with Gasteiger partial charge in [-0.25, -0.2) is 8.78 Å². The minimum atomic E-state index is -0.910. The van der Waals surface area contributed by atoms with Gasteiger partial charge < -0.3 is 9.72 Å². The molecule has 0 aliphatic heterocycles. The minimum absolute atomic E-state index is 0.402. The molecule has 0 aliphatic rings. The number of ether oxygens (including phenoxy) is 1. The molecular weight excluding hydrogens is 282 g/mol. The molecule has 3 rings (SSSR count). The van der Waals surface area contributed by atoms with Gasteiger partial charge in [0.15, 0.2) is 16.4 Å². The lowest BCUT2D eigenvalue weighted by Gasteiger charge is -2.05. The smallest absolute Gasteiger partial charge is 0.182 e. The van der Waals surface area contributed by atoms with Crippen LogP contribution in [0.3, 0.4) is 0 Å². The Labute approximate surface area is 118 Å². The van der Waals surface area contributed by atoms with Crippen LogP contribution in [0.4, 0.5) is 8.78 Å². The number of nitrogens with zero attached hydrogens (tertiary/aromatic N) is 1. The number of nitrogens with one attached hydrogen (secondary N) is 1. The molecule has 1 aromatic heterocycles. The van der Waals surface area contributed by atoms with Gasteiger partial charge in [-0.15, -0.1) is 0 Å². The highest BCUT2D eigenvalue weighted by atomic mass is 32.1. The second-order valence-electron chi connectivity index (χ2n) is 4.25. The fraction of sp³-hybridized carbons (Fsp3) is 0.0714. The lowest BCUT2D eigenvalue weighted by molar-refractivity contribution is 0.415. The second-order valence-corrected chi connectivity index (χ2v) is 4.63. The van der Waals surface area contributed by atoms with Crippen molar-refractivity contribution in [1.82, 2.24) is 9.55 Å². The van der Waals surface area contributed by atoms with Gasteiger partial charge in [-0.2, -0.15) is 0 Å². The van der Waals surface area contributed by atoms with E-state index in [1.807, 2.05) is 6.07 Å². The van der Waals surface area contributed by atoms with Gasteiger partial charge in [-0.1, -0.05) is 0 Å². The third kappa shape index (κ3) is 1.98. The van der Waals surface area contributed by atoms with E-state index in [9.17, 15) is 8.78 Å². The zero-order valence-electron chi connectivity index (χ0n) is 10.5. The summed E-state index contributed by atoms with van der Waals surface area (Å²) in [5, 5.41) is 0. The summed E-state index contributed by atoms with van der Waals surface area (Å²) in [6.07, 6.45) is 0. The molecule has 2 aromatic carbocycles. The molecule has 0 amide bonds. The largest absolute Gasteiger partial charge is 0.497 e. The summed E-state index contributed by atoms with van der Waals surface area (Å²) >= 11 is 5.24. The molecule has 102 valence electrons. The van der Waals surface area contributed by atoms with Crippen molar-refractivity contribution in [2.75, 3.05) is 7.11 Å². The normalized spacial score (nSPS) is 10.9. The first-order valence-electron chi connectivity index (χ1n) is 5.84. The van der Waals surface area contributed by atoms with Crippen molar-refractivity contribution in [2.45, 2.75) is 0 Å². The Morgan fingerprint density at radius 3 is 2.60 bits per heavy atom. The number of rotatable bonds is 2. The summed E-state index contributed by atoms with van der Waals surface area (Å²) in [6.45, 7) is 0. The van der Waals surface area contributed by atoms with E-state index in [-0.39, 0.29) is 0 Å². The van der Waals surface area contributed by atoms with E-state index in [0.29, 0.717) is 16.2 Å². The average molecular weight is 292 g/mol. The van der Waals surface area contributed by atoms with Crippen LogP contribution < -0.4 is 4.74 Å². The van der Waals surface area contributed by atoms with Crippen LogP contribution in [0, 0.1) is 16.4 Å². The predicted octanol–water partition coefficient (Wildman–Crippen LogP) is 3.97. The molecule has 3 aromatic rings. The van der Waals surface area contributed by atoms with Gasteiger partial charge in [0.05, 0.1) is 23.8 Å². The number of benzene rings is 2. The number of methoxy groups -OCH3 is 1. The van der Waals surface area contributed by atoms with Crippen LogP contribution in [0.25, 0.3) is 16.7 Å². The van der Waals surface area contributed by atoms with Crippen LogP contribution in [0.1, 0.15) is 0 Å². The van der Waals surface area contributed by atoms with Crippen molar-refractivity contribution in [1.29, 1.82) is 0 Å². The van der Waals surface area contributed by atoms with Gasteiger partial charge in [0.25, 0.3) is 0 Å². The molecule has 0 unspecified atom stereocenters. The van der Waals surface area contributed by atoms with Gasteiger partial charge in [-0.05, 0) is 36.5 Å². The summed E-state index contributed by atoms with van der Waals surface area (Å²) in [6, 6.07) is 9.05. The Morgan fingerprint density at radius 2 is 1.90 bits per heavy atom. The number of hydrogen-bond acceptors (Lipinski definition) is 2. The highest BCUT2D eigenvalue weighted by Crippen LogP contribution is 2.24. The standard InChI is InChI=1S/C14H10F2N2OS/c1-19-9-3-5-13-12(7-9)17-14(20)18(13)8-2-4-10(15)11(16)6-8/h2-7H,1H3,(H,17,20). The van der Waals surface area contributed by atoms with Crippen molar-refractivity contribution in [2.24, 2.45) is 0 Å². The molecular formula is C14H10F2N2OS. The van der Waals surface area contributed by atoms with Crippen LogP contribution in [0.2, 0.25) is 0 Å². The van der Waals surface area contributed by atoms with Gasteiger partial charge in [0.2, 0.25) is 0 Å². The Kier molecular flexibility index (Phi) is 3.02. The number of aromatic nitrogens is 2. The molecule has 0 fully saturated rings. The molecule has 6 heteroatoms. The lowest BCUT2D eigenvalue weighted by Crippen LogP contribution is -1.96. The fourth-order valence-electron chi connectivity index (χ4n) is 2.10. The molecule has 20 heavy (non-hydrogen) atoms. The fourth-order valence-corrected chi connectivity index (χ4v) is 2.41. The molecule has 0 bridgehead atoms. The quantitative estimate of drug-likeness (QED) is 0.724. The topological polar surface area (TPSA) is 29.9 Å². The molecule has 1 N–H and O–H groups in total. The molecule has 0 saturated carbocycles. The van der Waals surface area contributed by atoms with Crippen molar-refractivity contribution in [3.05, 3.63) is 52.8 Å². The summed E-state index contributed by atoms with van der Waals surface area (Å²) in [5.74, 6) is -1.11. The van der Waals surface area contributed by atoms with Gasteiger partial charge in [0, 0.05) is 12.1 Å². The van der Waals surface area contributed by atoms with Gasteiger partial charge in [0.1, 0.15) is 5.75 Å². The SMILES string of the molecule is COc1ccc2c(c1)[nH]c(=S)n2-c1ccc(F)c(F)c1. The van der Waals surface area contributed by atoms with Gasteiger partial charge >= 0.3 is 0 Å².